The quantitative estimate of drug-likeness (QED) is 0.581. The molecule has 4 rings (SSSR count). The molecule has 2 heterocycles. The summed E-state index contributed by atoms with van der Waals surface area (Å²) in [6.45, 7) is 0. The molecule has 0 radical (unpaired) electrons. The predicted octanol–water partition coefficient (Wildman–Crippen LogP) is 4.92. The first-order valence-electron chi connectivity index (χ1n) is 6.99. The number of nitrogens with zero attached hydrogens (tertiary/aromatic N) is 1. The molecule has 112 valence electrons. The Morgan fingerprint density at radius 2 is 1.96 bits per heavy atom. The lowest BCUT2D eigenvalue weighted by Crippen LogP contribution is -1.95. The lowest BCUT2D eigenvalue weighted by atomic mass is 10.1. The maximum absolute atomic E-state index is 11.1. The van der Waals surface area contributed by atoms with Gasteiger partial charge in [-0.15, -0.1) is 11.3 Å². The number of aromatic nitrogens is 1. The molecule has 0 saturated carbocycles. The summed E-state index contributed by atoms with van der Waals surface area (Å²) in [6.07, 6.45) is 0. The minimum absolute atomic E-state index is 0.253. The smallest absolute Gasteiger partial charge is 0.335 e. The highest BCUT2D eigenvalue weighted by atomic mass is 32.1. The number of aromatic carboxylic acids is 1. The van der Waals surface area contributed by atoms with Crippen molar-refractivity contribution in [3.8, 4) is 22.0 Å². The Labute approximate surface area is 135 Å². The molecule has 0 aliphatic heterocycles. The van der Waals surface area contributed by atoms with Crippen molar-refractivity contribution in [3.63, 3.8) is 0 Å². The van der Waals surface area contributed by atoms with E-state index in [1.54, 1.807) is 18.2 Å². The zero-order chi connectivity index (χ0) is 15.8. The van der Waals surface area contributed by atoms with E-state index in [0.717, 1.165) is 27.2 Å². The highest BCUT2D eigenvalue weighted by Crippen LogP contribution is 2.32. The lowest BCUT2D eigenvalue weighted by molar-refractivity contribution is 0.0697. The van der Waals surface area contributed by atoms with Gasteiger partial charge in [-0.3, -0.25) is 0 Å². The Morgan fingerprint density at radius 1 is 1.09 bits per heavy atom. The van der Waals surface area contributed by atoms with E-state index >= 15 is 0 Å². The third-order valence-electron chi connectivity index (χ3n) is 3.54. The van der Waals surface area contributed by atoms with E-state index in [1.165, 1.54) is 11.3 Å². The first kappa shape index (κ1) is 13.7. The van der Waals surface area contributed by atoms with Crippen molar-refractivity contribution in [2.24, 2.45) is 0 Å². The Morgan fingerprint density at radius 3 is 2.78 bits per heavy atom. The van der Waals surface area contributed by atoms with Crippen molar-refractivity contribution in [1.82, 2.24) is 4.98 Å². The highest BCUT2D eigenvalue weighted by molar-refractivity contribution is 7.13. The standard InChI is InChI=1S/C18H11NO3S/c20-18(21)13-6-3-5-12(8-13)17-19-14(10-23-17)16-9-11-4-1-2-7-15(11)22-16/h1-10H,(H,20,21). The van der Waals surface area contributed by atoms with Gasteiger partial charge in [-0.05, 0) is 24.3 Å². The molecule has 0 fully saturated rings. The molecular weight excluding hydrogens is 310 g/mol. The number of hydrogen-bond donors (Lipinski definition) is 1. The SMILES string of the molecule is O=C(O)c1cccc(-c2nc(-c3cc4ccccc4o3)cs2)c1. The molecule has 4 nitrogen and oxygen atoms in total. The molecule has 0 atom stereocenters. The van der Waals surface area contributed by atoms with Gasteiger partial charge >= 0.3 is 5.97 Å². The van der Waals surface area contributed by atoms with Crippen LogP contribution in [0.3, 0.4) is 0 Å². The van der Waals surface area contributed by atoms with Crippen LogP contribution in [0.15, 0.2) is 64.4 Å². The number of benzene rings is 2. The molecule has 5 heteroatoms. The molecule has 0 aliphatic carbocycles. The minimum atomic E-state index is -0.944. The summed E-state index contributed by atoms with van der Waals surface area (Å²) in [5.41, 5.74) is 2.62. The summed E-state index contributed by atoms with van der Waals surface area (Å²) in [5.74, 6) is -0.232. The van der Waals surface area contributed by atoms with E-state index in [9.17, 15) is 4.79 Å². The maximum atomic E-state index is 11.1. The molecule has 23 heavy (non-hydrogen) atoms. The van der Waals surface area contributed by atoms with Crippen LogP contribution in [0.5, 0.6) is 0 Å². The van der Waals surface area contributed by atoms with E-state index in [-0.39, 0.29) is 5.56 Å². The van der Waals surface area contributed by atoms with Gasteiger partial charge in [0.2, 0.25) is 0 Å². The topological polar surface area (TPSA) is 63.3 Å². The van der Waals surface area contributed by atoms with Crippen LogP contribution in [-0.2, 0) is 0 Å². The molecule has 0 saturated heterocycles. The zero-order valence-electron chi connectivity index (χ0n) is 11.9. The van der Waals surface area contributed by atoms with Gasteiger partial charge in [0.1, 0.15) is 16.3 Å². The number of carboxylic acids is 1. The number of carbonyl (C=O) groups is 1. The van der Waals surface area contributed by atoms with Crippen LogP contribution in [0, 0.1) is 0 Å². The highest BCUT2D eigenvalue weighted by Gasteiger charge is 2.12. The number of para-hydroxylation sites is 1. The Hall–Kier alpha value is -2.92. The van der Waals surface area contributed by atoms with Crippen molar-refractivity contribution < 1.29 is 14.3 Å². The number of rotatable bonds is 3. The van der Waals surface area contributed by atoms with Crippen molar-refractivity contribution >= 4 is 28.3 Å². The van der Waals surface area contributed by atoms with Crippen molar-refractivity contribution in [2.75, 3.05) is 0 Å². The van der Waals surface area contributed by atoms with E-state index in [4.69, 9.17) is 9.52 Å². The fraction of sp³-hybridized carbons (Fsp3) is 0. The van der Waals surface area contributed by atoms with Gasteiger partial charge in [-0.2, -0.15) is 0 Å². The number of furan rings is 1. The average Bonchev–Trinajstić information content (AvgIpc) is 3.21. The number of carboxylic acid groups (broad SMARTS) is 1. The van der Waals surface area contributed by atoms with Crippen LogP contribution in [-0.4, -0.2) is 16.1 Å². The Kier molecular flexibility index (Phi) is 3.20. The van der Waals surface area contributed by atoms with E-state index in [2.05, 4.69) is 4.98 Å². The van der Waals surface area contributed by atoms with Gasteiger partial charge in [-0.25, -0.2) is 9.78 Å². The van der Waals surface area contributed by atoms with Crippen LogP contribution in [0.4, 0.5) is 0 Å². The van der Waals surface area contributed by atoms with Crippen molar-refractivity contribution in [2.45, 2.75) is 0 Å². The molecule has 1 N–H and O–H groups in total. The van der Waals surface area contributed by atoms with Gasteiger partial charge in [-0.1, -0.05) is 30.3 Å². The first-order chi connectivity index (χ1) is 11.2. The van der Waals surface area contributed by atoms with Gasteiger partial charge < -0.3 is 9.52 Å². The molecule has 4 aromatic rings. The Balaban J connectivity index is 1.74. The third kappa shape index (κ3) is 2.51. The largest absolute Gasteiger partial charge is 0.478 e. The summed E-state index contributed by atoms with van der Waals surface area (Å²) in [5, 5.41) is 12.8. The molecule has 0 aliphatic rings. The first-order valence-corrected chi connectivity index (χ1v) is 7.87. The van der Waals surface area contributed by atoms with Crippen LogP contribution >= 0.6 is 11.3 Å². The fourth-order valence-corrected chi connectivity index (χ4v) is 3.22. The van der Waals surface area contributed by atoms with Crippen molar-refractivity contribution in [3.05, 3.63) is 65.5 Å². The zero-order valence-corrected chi connectivity index (χ0v) is 12.7. The Bertz CT molecular complexity index is 983. The molecular formula is C18H11NO3S. The minimum Gasteiger partial charge on any atom is -0.478 e. The normalized spacial score (nSPS) is 11.0. The lowest BCUT2D eigenvalue weighted by Gasteiger charge is -1.98. The average molecular weight is 321 g/mol. The molecule has 0 amide bonds. The van der Waals surface area contributed by atoms with Crippen LogP contribution in [0.1, 0.15) is 10.4 Å². The van der Waals surface area contributed by atoms with Crippen molar-refractivity contribution in [1.29, 1.82) is 0 Å². The molecule has 0 spiro atoms. The third-order valence-corrected chi connectivity index (χ3v) is 4.43. The summed E-state index contributed by atoms with van der Waals surface area (Å²) >= 11 is 1.46. The van der Waals surface area contributed by atoms with E-state index in [1.807, 2.05) is 41.8 Å². The summed E-state index contributed by atoms with van der Waals surface area (Å²) in [7, 11) is 0. The second-order valence-corrected chi connectivity index (χ2v) is 5.93. The number of hydrogen-bond acceptors (Lipinski definition) is 4. The summed E-state index contributed by atoms with van der Waals surface area (Å²) < 4.78 is 5.82. The van der Waals surface area contributed by atoms with Gasteiger partial charge in [0.15, 0.2) is 5.76 Å². The van der Waals surface area contributed by atoms with Gasteiger partial charge in [0.25, 0.3) is 0 Å². The van der Waals surface area contributed by atoms with Crippen LogP contribution < -0.4 is 0 Å². The monoisotopic (exact) mass is 321 g/mol. The van der Waals surface area contributed by atoms with E-state index < -0.39 is 5.97 Å². The number of fused-ring (bicyclic) bond motifs is 1. The number of thiazole rings is 1. The molecule has 0 bridgehead atoms. The van der Waals surface area contributed by atoms with Gasteiger partial charge in [0, 0.05) is 16.3 Å². The second kappa shape index (κ2) is 5.37. The van der Waals surface area contributed by atoms with Crippen LogP contribution in [0.2, 0.25) is 0 Å². The molecule has 2 aromatic heterocycles. The summed E-state index contributed by atoms with van der Waals surface area (Å²) in [6, 6.07) is 16.5. The fourth-order valence-electron chi connectivity index (χ4n) is 2.41. The van der Waals surface area contributed by atoms with E-state index in [0.29, 0.717) is 5.76 Å². The van der Waals surface area contributed by atoms with Gasteiger partial charge in [0.05, 0.1) is 5.56 Å². The second-order valence-electron chi connectivity index (χ2n) is 5.07. The maximum Gasteiger partial charge on any atom is 0.335 e. The molecule has 2 aromatic carbocycles. The van der Waals surface area contributed by atoms with Crippen LogP contribution in [0.25, 0.3) is 33.0 Å². The summed E-state index contributed by atoms with van der Waals surface area (Å²) in [4.78, 5) is 15.7. The predicted molar refractivity (Wildman–Crippen MR) is 89.7 cm³/mol. The molecule has 0 unspecified atom stereocenters.